The van der Waals surface area contributed by atoms with Crippen LogP contribution in [0.2, 0.25) is 0 Å². The summed E-state index contributed by atoms with van der Waals surface area (Å²) < 4.78 is 7.80. The van der Waals surface area contributed by atoms with Crippen molar-refractivity contribution in [3.8, 4) is 22.6 Å². The molecule has 4 aromatic rings. The minimum atomic E-state index is -0.0380. The number of hydrogen-bond acceptors (Lipinski definition) is 5. The molecule has 1 unspecified atom stereocenters. The summed E-state index contributed by atoms with van der Waals surface area (Å²) in [6.45, 7) is 5.01. The molecule has 1 atom stereocenters. The van der Waals surface area contributed by atoms with E-state index in [1.807, 2.05) is 64.0 Å². The number of amides is 1. The van der Waals surface area contributed by atoms with Gasteiger partial charge in [0.15, 0.2) is 5.82 Å². The SMILES string of the molecule is C=CC(=O)N1CCCC(c2cc(-c3ccc(Oc4ccccc4)cc3)c3c(N)ncnn23)C1. The monoisotopic (exact) mass is 439 g/mol. The first-order chi connectivity index (χ1) is 16.1. The lowest BCUT2D eigenvalue weighted by Gasteiger charge is -2.31. The number of carbonyl (C=O) groups is 1. The molecular weight excluding hydrogens is 414 g/mol. The minimum Gasteiger partial charge on any atom is -0.457 e. The quantitative estimate of drug-likeness (QED) is 0.457. The van der Waals surface area contributed by atoms with E-state index in [-0.39, 0.29) is 11.8 Å². The first-order valence-corrected chi connectivity index (χ1v) is 11.0. The maximum absolute atomic E-state index is 12.2. The molecule has 0 spiro atoms. The fraction of sp³-hybridized carbons (Fsp3) is 0.192. The number of fused-ring (bicyclic) bond motifs is 1. The van der Waals surface area contributed by atoms with Gasteiger partial charge in [0.2, 0.25) is 5.91 Å². The van der Waals surface area contributed by atoms with Crippen molar-refractivity contribution in [1.82, 2.24) is 19.5 Å². The van der Waals surface area contributed by atoms with E-state index in [1.54, 1.807) is 0 Å². The number of piperidine rings is 1. The molecule has 2 aromatic carbocycles. The second kappa shape index (κ2) is 8.78. The van der Waals surface area contributed by atoms with Crippen LogP contribution in [-0.2, 0) is 4.79 Å². The van der Waals surface area contributed by atoms with Gasteiger partial charge in [-0.2, -0.15) is 5.10 Å². The highest BCUT2D eigenvalue weighted by Gasteiger charge is 2.27. The lowest BCUT2D eigenvalue weighted by Crippen LogP contribution is -2.38. The molecule has 1 fully saturated rings. The molecular formula is C26H25N5O2. The maximum atomic E-state index is 12.2. The van der Waals surface area contributed by atoms with Crippen LogP contribution in [0.1, 0.15) is 24.5 Å². The molecule has 0 radical (unpaired) electrons. The maximum Gasteiger partial charge on any atom is 0.245 e. The van der Waals surface area contributed by atoms with Crippen molar-refractivity contribution in [2.45, 2.75) is 18.8 Å². The number of benzene rings is 2. The zero-order valence-corrected chi connectivity index (χ0v) is 18.2. The third-order valence-electron chi connectivity index (χ3n) is 6.08. The second-order valence-electron chi connectivity index (χ2n) is 8.16. The van der Waals surface area contributed by atoms with Crippen LogP contribution in [0.15, 0.2) is 79.6 Å². The normalized spacial score (nSPS) is 16.0. The van der Waals surface area contributed by atoms with Crippen LogP contribution >= 0.6 is 0 Å². The number of ether oxygens (including phenoxy) is 1. The minimum absolute atomic E-state index is 0.0380. The van der Waals surface area contributed by atoms with E-state index in [4.69, 9.17) is 10.5 Å². The largest absolute Gasteiger partial charge is 0.457 e. The van der Waals surface area contributed by atoms with E-state index in [1.165, 1.54) is 12.4 Å². The number of hydrogen-bond donors (Lipinski definition) is 1. The smallest absolute Gasteiger partial charge is 0.245 e. The number of nitrogen functional groups attached to an aromatic ring is 1. The van der Waals surface area contributed by atoms with Crippen LogP contribution in [0.3, 0.4) is 0 Å². The Labute approximate surface area is 192 Å². The predicted octanol–water partition coefficient (Wildman–Crippen LogP) is 4.66. The van der Waals surface area contributed by atoms with E-state index in [0.717, 1.165) is 53.2 Å². The fourth-order valence-corrected chi connectivity index (χ4v) is 4.48. The molecule has 7 heteroatoms. The van der Waals surface area contributed by atoms with E-state index in [2.05, 4.69) is 22.7 Å². The Morgan fingerprint density at radius 2 is 1.88 bits per heavy atom. The van der Waals surface area contributed by atoms with Crippen molar-refractivity contribution in [1.29, 1.82) is 0 Å². The van der Waals surface area contributed by atoms with Gasteiger partial charge in [-0.1, -0.05) is 36.9 Å². The first kappa shape index (κ1) is 20.8. The Hall–Kier alpha value is -4.13. The summed E-state index contributed by atoms with van der Waals surface area (Å²) in [7, 11) is 0. The second-order valence-corrected chi connectivity index (χ2v) is 8.16. The van der Waals surface area contributed by atoms with Crippen molar-refractivity contribution >= 4 is 17.2 Å². The lowest BCUT2D eigenvalue weighted by molar-refractivity contribution is -0.127. The van der Waals surface area contributed by atoms with Gasteiger partial charge in [-0.25, -0.2) is 9.50 Å². The van der Waals surface area contributed by atoms with Gasteiger partial charge in [0.1, 0.15) is 23.3 Å². The Kier molecular flexibility index (Phi) is 5.52. The summed E-state index contributed by atoms with van der Waals surface area (Å²) in [5, 5.41) is 4.50. The Balaban J connectivity index is 1.50. The number of anilines is 1. The zero-order valence-electron chi connectivity index (χ0n) is 18.2. The van der Waals surface area contributed by atoms with Gasteiger partial charge in [-0.05, 0) is 54.8 Å². The zero-order chi connectivity index (χ0) is 22.8. The van der Waals surface area contributed by atoms with Gasteiger partial charge < -0.3 is 15.4 Å². The van der Waals surface area contributed by atoms with Crippen molar-refractivity contribution in [3.05, 3.63) is 85.3 Å². The molecule has 3 heterocycles. The summed E-state index contributed by atoms with van der Waals surface area (Å²) in [6, 6.07) is 19.7. The third kappa shape index (κ3) is 4.05. The van der Waals surface area contributed by atoms with Gasteiger partial charge in [-0.3, -0.25) is 4.79 Å². The Morgan fingerprint density at radius 1 is 1.12 bits per heavy atom. The number of nitrogens with two attached hydrogens (primary N) is 1. The number of rotatable bonds is 5. The highest BCUT2D eigenvalue weighted by Crippen LogP contribution is 2.36. The molecule has 7 nitrogen and oxygen atoms in total. The van der Waals surface area contributed by atoms with E-state index < -0.39 is 0 Å². The van der Waals surface area contributed by atoms with Gasteiger partial charge in [0, 0.05) is 30.3 Å². The van der Waals surface area contributed by atoms with Gasteiger partial charge >= 0.3 is 0 Å². The van der Waals surface area contributed by atoms with Crippen LogP contribution in [-0.4, -0.2) is 38.5 Å². The molecule has 2 N–H and O–H groups in total. The average Bonchev–Trinajstić information content (AvgIpc) is 3.26. The molecule has 2 aromatic heterocycles. The summed E-state index contributed by atoms with van der Waals surface area (Å²) in [6.07, 6.45) is 4.75. The lowest BCUT2D eigenvalue weighted by atomic mass is 9.94. The summed E-state index contributed by atoms with van der Waals surface area (Å²) in [4.78, 5) is 18.3. The Morgan fingerprint density at radius 3 is 2.64 bits per heavy atom. The number of likely N-dealkylation sites (tertiary alicyclic amines) is 1. The number of nitrogens with zero attached hydrogens (tertiary/aromatic N) is 4. The third-order valence-corrected chi connectivity index (χ3v) is 6.08. The van der Waals surface area contributed by atoms with Crippen molar-refractivity contribution in [2.24, 2.45) is 0 Å². The van der Waals surface area contributed by atoms with Crippen LogP contribution < -0.4 is 10.5 Å². The average molecular weight is 440 g/mol. The molecule has 1 aliphatic rings. The molecule has 1 amide bonds. The number of carbonyl (C=O) groups excluding carboxylic acids is 1. The molecule has 33 heavy (non-hydrogen) atoms. The summed E-state index contributed by atoms with van der Waals surface area (Å²) in [5.74, 6) is 2.08. The molecule has 166 valence electrons. The molecule has 0 bridgehead atoms. The molecule has 5 rings (SSSR count). The Bertz CT molecular complexity index is 1300. The summed E-state index contributed by atoms with van der Waals surface area (Å²) >= 11 is 0. The number of para-hydroxylation sites is 1. The van der Waals surface area contributed by atoms with Crippen molar-refractivity contribution < 1.29 is 9.53 Å². The van der Waals surface area contributed by atoms with E-state index in [9.17, 15) is 4.79 Å². The van der Waals surface area contributed by atoms with Crippen LogP contribution in [0.5, 0.6) is 11.5 Å². The van der Waals surface area contributed by atoms with Gasteiger partial charge in [0.05, 0.1) is 0 Å². The van der Waals surface area contributed by atoms with Crippen LogP contribution in [0, 0.1) is 0 Å². The predicted molar refractivity (Wildman–Crippen MR) is 128 cm³/mol. The van der Waals surface area contributed by atoms with Crippen molar-refractivity contribution in [2.75, 3.05) is 18.8 Å². The first-order valence-electron chi connectivity index (χ1n) is 11.0. The summed E-state index contributed by atoms with van der Waals surface area (Å²) in [5.41, 5.74) is 10.0. The highest BCUT2D eigenvalue weighted by molar-refractivity contribution is 5.89. The fourth-order valence-electron chi connectivity index (χ4n) is 4.48. The van der Waals surface area contributed by atoms with E-state index in [0.29, 0.717) is 12.4 Å². The van der Waals surface area contributed by atoms with Gasteiger partial charge in [-0.15, -0.1) is 0 Å². The topological polar surface area (TPSA) is 85.8 Å². The van der Waals surface area contributed by atoms with E-state index >= 15 is 0 Å². The van der Waals surface area contributed by atoms with Gasteiger partial charge in [0.25, 0.3) is 0 Å². The van der Waals surface area contributed by atoms with Crippen LogP contribution in [0.25, 0.3) is 16.6 Å². The molecule has 0 aliphatic carbocycles. The molecule has 1 saturated heterocycles. The molecule has 0 saturated carbocycles. The number of aromatic nitrogens is 3. The van der Waals surface area contributed by atoms with Crippen molar-refractivity contribution in [3.63, 3.8) is 0 Å². The van der Waals surface area contributed by atoms with Crippen LogP contribution in [0.4, 0.5) is 5.82 Å². The highest BCUT2D eigenvalue weighted by atomic mass is 16.5. The standard InChI is InChI=1S/C26H25N5O2/c1-2-24(32)30-14-6-7-19(16-30)23-15-22(25-26(27)28-17-29-31(23)25)18-10-12-21(13-11-18)33-20-8-4-3-5-9-20/h2-5,8-13,15,17,19H,1,6-7,14,16H2,(H2,27,28,29). The molecule has 1 aliphatic heterocycles.